The molecule has 0 saturated heterocycles. The standard InChI is InChI=1S/C51H60N6O10S/c1-29-30(2)44(31(3)38-26-51(7,8)66-43(29)38)68(63,64)56(9)47(52)53-24-16-22-40(55-48(61)65-28-39-36-20-12-10-18-34(36)35-19-11-13-21-37(35)39)45(58)54-41(46(59)60)25-32-27-57(49(62)67-50(4,5)6)42-23-15-14-17-33(32)42/h10-15,17-21,23,27,39-41H,16,22,24-26,28H2,1-9H3,(H2,52,53)(H,54,58)(H,55,61)(H,59,60)/t40-,41-/m0/s1. The molecule has 2 amide bonds. The number of amides is 2. The lowest BCUT2D eigenvalue weighted by atomic mass is 9.94. The summed E-state index contributed by atoms with van der Waals surface area (Å²) in [7, 11) is -2.93. The third kappa shape index (κ3) is 10.0. The van der Waals surface area contributed by atoms with Crippen molar-refractivity contribution in [2.24, 2.45) is 0 Å². The lowest BCUT2D eigenvalue weighted by Crippen LogP contribution is -2.52. The highest BCUT2D eigenvalue weighted by Gasteiger charge is 2.38. The van der Waals surface area contributed by atoms with E-state index in [0.717, 1.165) is 32.1 Å². The Morgan fingerprint density at radius 2 is 1.53 bits per heavy atom. The van der Waals surface area contributed by atoms with Crippen molar-refractivity contribution >= 4 is 50.9 Å². The van der Waals surface area contributed by atoms with Crippen molar-refractivity contribution in [1.82, 2.24) is 24.8 Å². The van der Waals surface area contributed by atoms with Crippen LogP contribution in [0.1, 0.15) is 92.3 Å². The van der Waals surface area contributed by atoms with E-state index in [-0.39, 0.29) is 43.2 Å². The van der Waals surface area contributed by atoms with Gasteiger partial charge in [0.05, 0.1) is 10.4 Å². The fourth-order valence-corrected chi connectivity index (χ4v) is 10.8. The number of guanidine groups is 1. The quantitative estimate of drug-likeness (QED) is 0.0413. The Balaban J connectivity index is 1.07. The van der Waals surface area contributed by atoms with Crippen molar-refractivity contribution in [2.75, 3.05) is 20.2 Å². The maximum atomic E-state index is 14.2. The van der Waals surface area contributed by atoms with Crippen molar-refractivity contribution in [2.45, 2.75) is 115 Å². The molecule has 4 aromatic carbocycles. The molecule has 0 bridgehead atoms. The van der Waals surface area contributed by atoms with Crippen molar-refractivity contribution in [3.63, 3.8) is 0 Å². The summed E-state index contributed by atoms with van der Waals surface area (Å²) in [6.45, 7) is 14.4. The Morgan fingerprint density at radius 1 is 0.912 bits per heavy atom. The summed E-state index contributed by atoms with van der Waals surface area (Å²) in [5, 5.41) is 27.8. The second-order valence-corrected chi connectivity index (χ2v) is 21.0. The molecule has 2 heterocycles. The Hall–Kier alpha value is -6.88. The molecule has 0 radical (unpaired) electrons. The van der Waals surface area contributed by atoms with Crippen LogP contribution in [-0.2, 0) is 41.9 Å². The molecule has 5 aromatic rings. The average molecular weight is 949 g/mol. The third-order valence-electron chi connectivity index (χ3n) is 12.6. The lowest BCUT2D eigenvalue weighted by molar-refractivity contribution is -0.142. The predicted molar refractivity (Wildman–Crippen MR) is 258 cm³/mol. The summed E-state index contributed by atoms with van der Waals surface area (Å²) in [5.74, 6) is -2.17. The highest BCUT2D eigenvalue weighted by molar-refractivity contribution is 7.89. The first kappa shape index (κ1) is 49.0. The van der Waals surface area contributed by atoms with Crippen LogP contribution in [0.4, 0.5) is 9.59 Å². The lowest BCUT2D eigenvalue weighted by Gasteiger charge is -2.25. The summed E-state index contributed by atoms with van der Waals surface area (Å²) in [6.07, 6.45) is 0.306. The van der Waals surface area contributed by atoms with Crippen LogP contribution in [0.15, 0.2) is 83.9 Å². The number of sulfonamides is 1. The van der Waals surface area contributed by atoms with Crippen molar-refractivity contribution in [3.05, 3.63) is 118 Å². The Bertz CT molecular complexity index is 2890. The number of fused-ring (bicyclic) bond motifs is 5. The molecule has 7 rings (SSSR count). The van der Waals surface area contributed by atoms with Crippen molar-refractivity contribution < 1.29 is 46.9 Å². The highest BCUT2D eigenvalue weighted by Crippen LogP contribution is 2.45. The van der Waals surface area contributed by atoms with Crippen LogP contribution in [0.3, 0.4) is 0 Å². The molecule has 2 atom stereocenters. The Kier molecular flexibility index (Phi) is 13.7. The van der Waals surface area contributed by atoms with Crippen LogP contribution in [0.5, 0.6) is 5.75 Å². The number of nitrogens with one attached hydrogen (secondary N) is 4. The average Bonchev–Trinajstić information content (AvgIpc) is 3.93. The summed E-state index contributed by atoms with van der Waals surface area (Å²) in [4.78, 5) is 53.9. The van der Waals surface area contributed by atoms with Crippen LogP contribution in [0, 0.1) is 26.2 Å². The van der Waals surface area contributed by atoms with E-state index in [1.54, 1.807) is 58.9 Å². The number of benzene rings is 4. The van der Waals surface area contributed by atoms with Gasteiger partial charge in [-0.2, -0.15) is 0 Å². The number of para-hydroxylation sites is 1. The molecule has 1 aliphatic carbocycles. The molecule has 0 unspecified atom stereocenters. The monoisotopic (exact) mass is 948 g/mol. The van der Waals surface area contributed by atoms with Crippen molar-refractivity contribution in [1.29, 1.82) is 5.41 Å². The number of aromatic nitrogens is 1. The minimum absolute atomic E-state index is 0.00455. The van der Waals surface area contributed by atoms with Crippen LogP contribution in [0.25, 0.3) is 22.0 Å². The first-order chi connectivity index (χ1) is 32.0. The van der Waals surface area contributed by atoms with Crippen LogP contribution >= 0.6 is 0 Å². The Morgan fingerprint density at radius 3 is 2.16 bits per heavy atom. The van der Waals surface area contributed by atoms with E-state index in [1.807, 2.05) is 69.3 Å². The molecule has 0 spiro atoms. The largest absolute Gasteiger partial charge is 0.487 e. The van der Waals surface area contributed by atoms with E-state index < -0.39 is 63.3 Å². The third-order valence-corrected chi connectivity index (χ3v) is 14.6. The van der Waals surface area contributed by atoms with Gasteiger partial charge >= 0.3 is 18.2 Å². The molecular weight excluding hydrogens is 889 g/mol. The van der Waals surface area contributed by atoms with E-state index in [0.29, 0.717) is 45.3 Å². The second kappa shape index (κ2) is 19.0. The molecule has 5 N–H and O–H groups in total. The smallest absolute Gasteiger partial charge is 0.419 e. The minimum atomic E-state index is -4.22. The second-order valence-electron chi connectivity index (χ2n) is 19.1. The number of carbonyl (C=O) groups excluding carboxylic acids is 3. The summed E-state index contributed by atoms with van der Waals surface area (Å²) >= 11 is 0. The van der Waals surface area contributed by atoms with Crippen LogP contribution < -0.4 is 20.7 Å². The molecule has 68 heavy (non-hydrogen) atoms. The number of ether oxygens (including phenoxy) is 3. The fourth-order valence-electron chi connectivity index (χ4n) is 9.13. The number of hydrogen-bond acceptors (Lipinski definition) is 10. The zero-order chi connectivity index (χ0) is 49.5. The van der Waals surface area contributed by atoms with E-state index >= 15 is 0 Å². The zero-order valence-electron chi connectivity index (χ0n) is 39.9. The number of rotatable bonds is 14. The molecule has 0 saturated carbocycles. The van der Waals surface area contributed by atoms with Gasteiger partial charge in [-0.3, -0.25) is 14.8 Å². The number of carboxylic acid groups (broad SMARTS) is 1. The van der Waals surface area contributed by atoms with Crippen molar-refractivity contribution in [3.8, 4) is 16.9 Å². The van der Waals surface area contributed by atoms with Gasteiger partial charge in [0.2, 0.25) is 11.9 Å². The van der Waals surface area contributed by atoms with E-state index in [1.165, 1.54) is 17.8 Å². The molecule has 16 nitrogen and oxygen atoms in total. The first-order valence-corrected chi connectivity index (χ1v) is 24.0. The fraction of sp³-hybridized carbons (Fsp3) is 0.392. The Labute approximate surface area is 396 Å². The number of carbonyl (C=O) groups is 4. The van der Waals surface area contributed by atoms with Gasteiger partial charge in [0, 0.05) is 49.5 Å². The highest BCUT2D eigenvalue weighted by atomic mass is 32.2. The molecule has 2 aliphatic rings. The summed E-state index contributed by atoms with van der Waals surface area (Å²) in [5.41, 5.74) is 6.32. The van der Waals surface area contributed by atoms with Gasteiger partial charge in [0.15, 0.2) is 0 Å². The minimum Gasteiger partial charge on any atom is -0.487 e. The molecule has 1 aliphatic heterocycles. The summed E-state index contributed by atoms with van der Waals surface area (Å²) < 4.78 is 48.0. The number of carboxylic acids is 1. The van der Waals surface area contributed by atoms with E-state index in [4.69, 9.17) is 19.6 Å². The molecule has 17 heteroatoms. The first-order valence-electron chi connectivity index (χ1n) is 22.6. The zero-order valence-corrected chi connectivity index (χ0v) is 40.7. The van der Waals surface area contributed by atoms with E-state index in [2.05, 4.69) is 16.0 Å². The van der Waals surface area contributed by atoms with Gasteiger partial charge in [0.1, 0.15) is 35.6 Å². The maximum absolute atomic E-state index is 14.2. The number of nitrogens with zero attached hydrogens (tertiary/aromatic N) is 2. The van der Waals surface area contributed by atoms with Gasteiger partial charge in [0.25, 0.3) is 10.0 Å². The van der Waals surface area contributed by atoms with Gasteiger partial charge in [-0.25, -0.2) is 27.1 Å². The van der Waals surface area contributed by atoms with Gasteiger partial charge in [-0.1, -0.05) is 66.7 Å². The van der Waals surface area contributed by atoms with Gasteiger partial charge < -0.3 is 35.3 Å². The molecule has 360 valence electrons. The normalized spacial score (nSPS) is 14.7. The van der Waals surface area contributed by atoms with Gasteiger partial charge in [-0.15, -0.1) is 0 Å². The number of alkyl carbamates (subject to hydrolysis) is 1. The van der Waals surface area contributed by atoms with E-state index in [9.17, 15) is 32.7 Å². The SMILES string of the molecule is Cc1c(C)c(S(=O)(=O)N(C)C(=N)NCCC[C@H](NC(=O)OCC2c3ccccc3-c3ccccc32)C(=O)N[C@@H](Cc2cn(C(=O)OC(C)(C)C)c3ccccc23)C(=O)O)c(C)c2c1OC(C)(C)C2. The molecule has 0 fully saturated rings. The molecule has 1 aromatic heterocycles. The number of aliphatic carboxylic acids is 1. The summed E-state index contributed by atoms with van der Waals surface area (Å²) in [6, 6.07) is 19.8. The predicted octanol–water partition coefficient (Wildman–Crippen LogP) is 7.71. The maximum Gasteiger partial charge on any atom is 0.419 e. The van der Waals surface area contributed by atoms with Crippen LogP contribution in [-0.4, -0.2) is 95.9 Å². The molecular formula is C51H60N6O10S. The number of hydrogen-bond donors (Lipinski definition) is 5. The topological polar surface area (TPSA) is 218 Å². The van der Waals surface area contributed by atoms with Crippen LogP contribution in [0.2, 0.25) is 0 Å². The van der Waals surface area contributed by atoms with Gasteiger partial charge in [-0.05, 0) is 119 Å².